The van der Waals surface area contributed by atoms with Gasteiger partial charge in [-0.2, -0.15) is 0 Å². The Balaban J connectivity index is 2.84. The molecule has 0 saturated carbocycles. The summed E-state index contributed by atoms with van der Waals surface area (Å²) in [5, 5.41) is 0. The van der Waals surface area contributed by atoms with Gasteiger partial charge in [-0.3, -0.25) is 9.59 Å². The maximum Gasteiger partial charge on any atom is 0.286 e. The molecule has 3 nitrogen and oxygen atoms in total. The van der Waals surface area contributed by atoms with Crippen molar-refractivity contribution in [3.05, 3.63) is 35.4 Å². The third kappa shape index (κ3) is 2.83. The second-order valence-corrected chi connectivity index (χ2v) is 3.05. The molecule has 0 N–H and O–H groups in total. The maximum absolute atomic E-state index is 13.1. The highest BCUT2D eigenvalue weighted by molar-refractivity contribution is 6.23. The topological polar surface area (TPSA) is 37.4 Å². The van der Waals surface area contributed by atoms with Crippen LogP contribution in [0.4, 0.5) is 8.78 Å². The highest BCUT2D eigenvalue weighted by Crippen LogP contribution is 2.11. The zero-order valence-electron chi connectivity index (χ0n) is 8.04. The summed E-state index contributed by atoms with van der Waals surface area (Å²) in [6.45, 7) is -0.138. The Morgan fingerprint density at radius 2 is 2.13 bits per heavy atom. The molecule has 0 aromatic heterocycles. The van der Waals surface area contributed by atoms with E-state index in [-0.39, 0.29) is 18.4 Å². The van der Waals surface area contributed by atoms with E-state index in [4.69, 9.17) is 0 Å². The first-order chi connectivity index (χ1) is 7.04. The second kappa shape index (κ2) is 4.63. The number of benzene rings is 1. The first kappa shape index (κ1) is 11.3. The Labute approximate surface area is 85.3 Å². The minimum absolute atomic E-state index is 0.0349. The van der Waals surface area contributed by atoms with E-state index < -0.39 is 17.5 Å². The van der Waals surface area contributed by atoms with E-state index in [1.807, 2.05) is 0 Å². The second-order valence-electron chi connectivity index (χ2n) is 3.05. The molecule has 0 unspecified atom stereocenters. The molecule has 15 heavy (non-hydrogen) atoms. The number of halogens is 2. The van der Waals surface area contributed by atoms with Crippen LogP contribution in [0.15, 0.2) is 18.2 Å². The van der Waals surface area contributed by atoms with E-state index in [1.165, 1.54) is 7.05 Å². The number of rotatable bonds is 3. The fraction of sp³-hybridized carbons (Fsp3) is 0.200. The van der Waals surface area contributed by atoms with Crippen molar-refractivity contribution in [3.8, 4) is 0 Å². The van der Waals surface area contributed by atoms with Crippen LogP contribution in [0.5, 0.6) is 0 Å². The SMILES string of the molecule is CN(Cc1cc(F)ccc1F)C(=O)C=O. The molecule has 1 amide bonds. The van der Waals surface area contributed by atoms with Gasteiger partial charge in [0, 0.05) is 19.2 Å². The summed E-state index contributed by atoms with van der Waals surface area (Å²) < 4.78 is 25.8. The first-order valence-corrected chi connectivity index (χ1v) is 4.19. The Kier molecular flexibility index (Phi) is 3.49. The summed E-state index contributed by atoms with van der Waals surface area (Å²) >= 11 is 0. The van der Waals surface area contributed by atoms with Crippen molar-refractivity contribution < 1.29 is 18.4 Å². The Morgan fingerprint density at radius 3 is 2.73 bits per heavy atom. The standard InChI is InChI=1S/C10H9F2NO2/c1-13(10(15)6-14)5-7-4-8(11)2-3-9(7)12/h2-4,6H,5H2,1H3. The van der Waals surface area contributed by atoms with Gasteiger partial charge in [-0.25, -0.2) is 8.78 Å². The quantitative estimate of drug-likeness (QED) is 0.557. The Hall–Kier alpha value is -1.78. The van der Waals surface area contributed by atoms with Gasteiger partial charge in [0.15, 0.2) is 0 Å². The number of nitrogens with zero attached hydrogens (tertiary/aromatic N) is 1. The summed E-state index contributed by atoms with van der Waals surface area (Å²) in [6.07, 6.45) is 0.122. The van der Waals surface area contributed by atoms with E-state index in [0.29, 0.717) is 0 Å². The lowest BCUT2D eigenvalue weighted by Crippen LogP contribution is -2.27. The van der Waals surface area contributed by atoms with Crippen LogP contribution in [-0.2, 0) is 16.1 Å². The average Bonchev–Trinajstić information content (AvgIpc) is 2.22. The molecule has 0 aliphatic carbocycles. The fourth-order valence-corrected chi connectivity index (χ4v) is 1.09. The van der Waals surface area contributed by atoms with Gasteiger partial charge >= 0.3 is 0 Å². The minimum atomic E-state index is -0.779. The maximum atomic E-state index is 13.1. The van der Waals surface area contributed by atoms with Crippen LogP contribution in [0.1, 0.15) is 5.56 Å². The number of carbonyl (C=O) groups excluding carboxylic acids is 2. The van der Waals surface area contributed by atoms with E-state index in [1.54, 1.807) is 0 Å². The third-order valence-corrected chi connectivity index (χ3v) is 1.89. The predicted molar refractivity (Wildman–Crippen MR) is 48.9 cm³/mol. The fourth-order valence-electron chi connectivity index (χ4n) is 1.09. The summed E-state index contributed by atoms with van der Waals surface area (Å²) in [7, 11) is 1.33. The number of amides is 1. The van der Waals surface area contributed by atoms with Crippen molar-refractivity contribution in [1.29, 1.82) is 0 Å². The monoisotopic (exact) mass is 213 g/mol. The third-order valence-electron chi connectivity index (χ3n) is 1.89. The van der Waals surface area contributed by atoms with Crippen LogP contribution in [0.2, 0.25) is 0 Å². The highest BCUT2D eigenvalue weighted by Gasteiger charge is 2.11. The largest absolute Gasteiger partial charge is 0.335 e. The lowest BCUT2D eigenvalue weighted by atomic mass is 10.2. The van der Waals surface area contributed by atoms with E-state index in [9.17, 15) is 18.4 Å². The molecule has 0 spiro atoms. The minimum Gasteiger partial charge on any atom is -0.335 e. The van der Waals surface area contributed by atoms with Crippen LogP contribution in [0, 0.1) is 11.6 Å². The number of hydrogen-bond acceptors (Lipinski definition) is 2. The average molecular weight is 213 g/mol. The number of hydrogen-bond donors (Lipinski definition) is 0. The van der Waals surface area contributed by atoms with Gasteiger partial charge in [-0.05, 0) is 18.2 Å². The van der Waals surface area contributed by atoms with Crippen LogP contribution in [-0.4, -0.2) is 24.1 Å². The van der Waals surface area contributed by atoms with Gasteiger partial charge in [0.25, 0.3) is 5.91 Å². The molecule has 1 rings (SSSR count). The van der Waals surface area contributed by atoms with Crippen LogP contribution in [0.3, 0.4) is 0 Å². The first-order valence-electron chi connectivity index (χ1n) is 4.19. The lowest BCUT2D eigenvalue weighted by Gasteiger charge is -2.14. The number of likely N-dealkylation sites (N-methyl/N-ethyl adjacent to an activating group) is 1. The highest BCUT2D eigenvalue weighted by atomic mass is 19.1. The molecule has 0 heterocycles. The van der Waals surface area contributed by atoms with Crippen LogP contribution >= 0.6 is 0 Å². The zero-order valence-corrected chi connectivity index (χ0v) is 8.04. The van der Waals surface area contributed by atoms with Gasteiger partial charge < -0.3 is 4.90 Å². The smallest absolute Gasteiger partial charge is 0.286 e. The molecule has 80 valence electrons. The van der Waals surface area contributed by atoms with Crippen molar-refractivity contribution in [2.24, 2.45) is 0 Å². The van der Waals surface area contributed by atoms with Crippen LogP contribution < -0.4 is 0 Å². The molecule has 0 aliphatic heterocycles. The molecule has 0 fully saturated rings. The zero-order chi connectivity index (χ0) is 11.4. The van der Waals surface area contributed by atoms with Crippen molar-refractivity contribution in [2.45, 2.75) is 6.54 Å². The van der Waals surface area contributed by atoms with Crippen molar-refractivity contribution in [3.63, 3.8) is 0 Å². The summed E-state index contributed by atoms with van der Waals surface area (Å²) in [5.74, 6) is -1.97. The lowest BCUT2D eigenvalue weighted by molar-refractivity contribution is -0.138. The van der Waals surface area contributed by atoms with Gasteiger partial charge in [0.2, 0.25) is 6.29 Å². The molecule has 0 saturated heterocycles. The molecule has 1 aromatic rings. The molecule has 0 atom stereocenters. The molecular formula is C10H9F2NO2. The molecule has 5 heteroatoms. The Morgan fingerprint density at radius 1 is 1.47 bits per heavy atom. The molecule has 0 aliphatic rings. The predicted octanol–water partition coefficient (Wildman–Crippen LogP) is 1.12. The van der Waals surface area contributed by atoms with Crippen molar-refractivity contribution >= 4 is 12.2 Å². The summed E-state index contributed by atoms with van der Waals surface area (Å²) in [5.41, 5.74) is 0.0349. The van der Waals surface area contributed by atoms with Gasteiger partial charge in [-0.1, -0.05) is 0 Å². The normalized spacial score (nSPS) is 9.80. The van der Waals surface area contributed by atoms with Crippen LogP contribution in [0.25, 0.3) is 0 Å². The summed E-state index contributed by atoms with van der Waals surface area (Å²) in [4.78, 5) is 22.0. The number of aldehydes is 1. The van der Waals surface area contributed by atoms with Gasteiger partial charge in [0.05, 0.1) is 0 Å². The van der Waals surface area contributed by atoms with E-state index in [0.717, 1.165) is 23.1 Å². The van der Waals surface area contributed by atoms with Crippen molar-refractivity contribution in [1.82, 2.24) is 4.90 Å². The molecule has 0 radical (unpaired) electrons. The number of carbonyl (C=O) groups is 2. The molecule has 0 bridgehead atoms. The van der Waals surface area contributed by atoms with Gasteiger partial charge in [0.1, 0.15) is 11.6 Å². The Bertz CT molecular complexity index is 393. The van der Waals surface area contributed by atoms with E-state index >= 15 is 0 Å². The van der Waals surface area contributed by atoms with Gasteiger partial charge in [-0.15, -0.1) is 0 Å². The molecular weight excluding hydrogens is 204 g/mol. The molecule has 1 aromatic carbocycles. The summed E-state index contributed by atoms with van der Waals surface area (Å²) in [6, 6.07) is 2.95. The van der Waals surface area contributed by atoms with E-state index in [2.05, 4.69) is 0 Å². The van der Waals surface area contributed by atoms with Crippen molar-refractivity contribution in [2.75, 3.05) is 7.05 Å².